The molecule has 0 radical (unpaired) electrons. The Morgan fingerprint density at radius 2 is 2.35 bits per heavy atom. The number of fused-ring (bicyclic) bond motifs is 1. The lowest BCUT2D eigenvalue weighted by atomic mass is 9.85. The van der Waals surface area contributed by atoms with Gasteiger partial charge in [0.15, 0.2) is 0 Å². The van der Waals surface area contributed by atoms with Crippen LogP contribution < -0.4 is 5.32 Å². The molecule has 0 aromatic carbocycles. The zero-order valence-corrected chi connectivity index (χ0v) is 11.9. The van der Waals surface area contributed by atoms with Gasteiger partial charge in [0.2, 0.25) is 0 Å². The highest BCUT2D eigenvalue weighted by Gasteiger charge is 2.49. The van der Waals surface area contributed by atoms with Gasteiger partial charge in [0.25, 0.3) is 0 Å². The molecule has 3 rings (SSSR count). The summed E-state index contributed by atoms with van der Waals surface area (Å²) >= 11 is 7.98. The van der Waals surface area contributed by atoms with Crippen molar-refractivity contribution < 1.29 is 0 Å². The van der Waals surface area contributed by atoms with Crippen molar-refractivity contribution in [2.75, 3.05) is 19.6 Å². The molecular weight excluding hydrogens is 252 g/mol. The summed E-state index contributed by atoms with van der Waals surface area (Å²) in [5, 5.41) is 6.54. The Morgan fingerprint density at radius 1 is 1.53 bits per heavy atom. The van der Waals surface area contributed by atoms with Crippen molar-refractivity contribution in [2.45, 2.75) is 25.9 Å². The maximum absolute atomic E-state index is 6.20. The highest BCUT2D eigenvalue weighted by molar-refractivity contribution is 7.10. The van der Waals surface area contributed by atoms with E-state index in [-0.39, 0.29) is 0 Å². The van der Waals surface area contributed by atoms with Crippen molar-refractivity contribution in [3.63, 3.8) is 0 Å². The van der Waals surface area contributed by atoms with Crippen LogP contribution in [0.3, 0.4) is 0 Å². The molecule has 2 nitrogen and oxygen atoms in total. The van der Waals surface area contributed by atoms with E-state index in [0.717, 1.165) is 23.4 Å². The number of likely N-dealkylation sites (tertiary alicyclic amines) is 1. The summed E-state index contributed by atoms with van der Waals surface area (Å²) in [6.45, 7) is 9.34. The molecule has 17 heavy (non-hydrogen) atoms. The zero-order valence-electron chi connectivity index (χ0n) is 10.4. The standard InChI is InChI=1S/C13H19ClN2S/c1-13(2)10-6-15-5-9(10)7-16(13)8-12-11(14)3-4-17-12/h3-4,9-10,15H,5-8H2,1-2H3. The molecule has 2 unspecified atom stereocenters. The van der Waals surface area contributed by atoms with Gasteiger partial charge in [0, 0.05) is 30.1 Å². The van der Waals surface area contributed by atoms with Crippen LogP contribution in [0.2, 0.25) is 5.02 Å². The minimum Gasteiger partial charge on any atom is -0.316 e. The summed E-state index contributed by atoms with van der Waals surface area (Å²) in [4.78, 5) is 3.92. The molecule has 0 spiro atoms. The summed E-state index contributed by atoms with van der Waals surface area (Å²) in [6.07, 6.45) is 0. The summed E-state index contributed by atoms with van der Waals surface area (Å²) in [5.41, 5.74) is 0.293. The minimum absolute atomic E-state index is 0.293. The minimum atomic E-state index is 0.293. The van der Waals surface area contributed by atoms with Crippen LogP contribution in [0, 0.1) is 11.8 Å². The van der Waals surface area contributed by atoms with Gasteiger partial charge in [-0.25, -0.2) is 0 Å². The largest absolute Gasteiger partial charge is 0.316 e. The van der Waals surface area contributed by atoms with Gasteiger partial charge < -0.3 is 5.32 Å². The molecule has 2 saturated heterocycles. The third-order valence-electron chi connectivity index (χ3n) is 4.54. The molecule has 1 aromatic heterocycles. The van der Waals surface area contributed by atoms with E-state index in [1.807, 2.05) is 6.07 Å². The first kappa shape index (κ1) is 12.0. The van der Waals surface area contributed by atoms with Crippen molar-refractivity contribution in [1.29, 1.82) is 0 Å². The van der Waals surface area contributed by atoms with E-state index in [9.17, 15) is 0 Å². The predicted octanol–water partition coefficient (Wildman–Crippen LogP) is 2.83. The van der Waals surface area contributed by atoms with Crippen molar-refractivity contribution in [1.82, 2.24) is 10.2 Å². The van der Waals surface area contributed by atoms with Crippen LogP contribution >= 0.6 is 22.9 Å². The van der Waals surface area contributed by atoms with Crippen molar-refractivity contribution in [2.24, 2.45) is 11.8 Å². The summed E-state index contributed by atoms with van der Waals surface area (Å²) in [5.74, 6) is 1.62. The van der Waals surface area contributed by atoms with Gasteiger partial charge in [-0.15, -0.1) is 11.3 Å². The Bertz CT molecular complexity index is 415. The van der Waals surface area contributed by atoms with E-state index in [1.54, 1.807) is 11.3 Å². The lowest BCUT2D eigenvalue weighted by molar-refractivity contribution is 0.133. The number of halogens is 1. The molecule has 0 bridgehead atoms. The molecule has 4 heteroatoms. The zero-order chi connectivity index (χ0) is 12.0. The molecule has 0 aliphatic carbocycles. The van der Waals surface area contributed by atoms with Crippen molar-refractivity contribution >= 4 is 22.9 Å². The number of hydrogen-bond donors (Lipinski definition) is 1. The molecular formula is C13H19ClN2S. The molecule has 2 atom stereocenters. The fraction of sp³-hybridized carbons (Fsp3) is 0.692. The van der Waals surface area contributed by atoms with Crippen LogP contribution in [0.4, 0.5) is 0 Å². The van der Waals surface area contributed by atoms with Gasteiger partial charge in [-0.1, -0.05) is 11.6 Å². The predicted molar refractivity (Wildman–Crippen MR) is 73.7 cm³/mol. The Morgan fingerprint density at radius 3 is 3.00 bits per heavy atom. The topological polar surface area (TPSA) is 15.3 Å². The van der Waals surface area contributed by atoms with Crippen LogP contribution in [0.15, 0.2) is 11.4 Å². The van der Waals surface area contributed by atoms with Crippen LogP contribution in [-0.4, -0.2) is 30.1 Å². The SMILES string of the molecule is CC1(C)C2CNCC2CN1Cc1sccc1Cl. The number of thiophene rings is 1. The fourth-order valence-corrected chi connectivity index (χ4v) is 4.49. The summed E-state index contributed by atoms with van der Waals surface area (Å²) in [6, 6.07) is 2.01. The maximum atomic E-state index is 6.20. The lowest BCUT2D eigenvalue weighted by Crippen LogP contribution is -2.43. The van der Waals surface area contributed by atoms with Gasteiger partial charge >= 0.3 is 0 Å². The molecule has 0 saturated carbocycles. The number of nitrogens with zero attached hydrogens (tertiary/aromatic N) is 1. The van der Waals surface area contributed by atoms with E-state index in [2.05, 4.69) is 29.4 Å². The third-order valence-corrected chi connectivity index (χ3v) is 5.91. The molecule has 2 aliphatic heterocycles. The van der Waals surface area contributed by atoms with Gasteiger partial charge in [-0.05, 0) is 43.7 Å². The molecule has 2 fully saturated rings. The van der Waals surface area contributed by atoms with E-state index in [1.165, 1.54) is 24.5 Å². The molecule has 1 N–H and O–H groups in total. The molecule has 94 valence electrons. The Balaban J connectivity index is 1.79. The number of rotatable bonds is 2. The number of nitrogens with one attached hydrogen (secondary N) is 1. The lowest BCUT2D eigenvalue weighted by Gasteiger charge is -2.35. The van der Waals surface area contributed by atoms with E-state index >= 15 is 0 Å². The van der Waals surface area contributed by atoms with Gasteiger partial charge in [0.05, 0.1) is 5.02 Å². The van der Waals surface area contributed by atoms with E-state index in [0.29, 0.717) is 5.54 Å². The van der Waals surface area contributed by atoms with Crippen molar-refractivity contribution in [3.8, 4) is 0 Å². The van der Waals surface area contributed by atoms with Gasteiger partial charge in [-0.3, -0.25) is 4.90 Å². The van der Waals surface area contributed by atoms with Crippen LogP contribution in [0.25, 0.3) is 0 Å². The van der Waals surface area contributed by atoms with Gasteiger partial charge in [0.1, 0.15) is 0 Å². The third kappa shape index (κ3) is 1.93. The average Bonchev–Trinajstić information content (AvgIpc) is 2.91. The molecule has 2 aliphatic rings. The van der Waals surface area contributed by atoms with Crippen LogP contribution in [0.5, 0.6) is 0 Å². The van der Waals surface area contributed by atoms with Crippen LogP contribution in [0.1, 0.15) is 18.7 Å². The monoisotopic (exact) mass is 270 g/mol. The average molecular weight is 271 g/mol. The summed E-state index contributed by atoms with van der Waals surface area (Å²) < 4.78 is 0. The second-order valence-electron chi connectivity index (χ2n) is 5.75. The Hall–Kier alpha value is -0.0900. The Labute approximate surface area is 112 Å². The van der Waals surface area contributed by atoms with Crippen LogP contribution in [-0.2, 0) is 6.54 Å². The first-order valence-electron chi connectivity index (χ1n) is 6.26. The van der Waals surface area contributed by atoms with Gasteiger partial charge in [-0.2, -0.15) is 0 Å². The Kier molecular flexibility index (Phi) is 2.98. The second kappa shape index (κ2) is 4.23. The smallest absolute Gasteiger partial charge is 0.0558 e. The normalized spacial score (nSPS) is 31.9. The molecule has 0 amide bonds. The maximum Gasteiger partial charge on any atom is 0.0558 e. The highest BCUT2D eigenvalue weighted by Crippen LogP contribution is 2.42. The number of hydrogen-bond acceptors (Lipinski definition) is 3. The highest BCUT2D eigenvalue weighted by atomic mass is 35.5. The molecule has 1 aromatic rings. The fourth-order valence-electron chi connectivity index (χ4n) is 3.38. The first-order valence-corrected chi connectivity index (χ1v) is 7.52. The molecule has 3 heterocycles. The first-order chi connectivity index (χ1) is 8.09. The summed E-state index contributed by atoms with van der Waals surface area (Å²) in [7, 11) is 0. The van der Waals surface area contributed by atoms with E-state index in [4.69, 9.17) is 11.6 Å². The van der Waals surface area contributed by atoms with E-state index < -0.39 is 0 Å². The van der Waals surface area contributed by atoms with Crippen molar-refractivity contribution in [3.05, 3.63) is 21.3 Å². The quantitative estimate of drug-likeness (QED) is 0.889. The second-order valence-corrected chi connectivity index (χ2v) is 7.16.